The largest absolute Gasteiger partial charge is 0.377 e. The van der Waals surface area contributed by atoms with Crippen LogP contribution in [0.2, 0.25) is 0 Å². The fourth-order valence-corrected chi connectivity index (χ4v) is 2.06. The molecule has 1 fully saturated rings. The molecule has 1 aromatic heterocycles. The molecule has 2 atom stereocenters. The summed E-state index contributed by atoms with van der Waals surface area (Å²) in [6.07, 6.45) is 3.62. The number of aromatic nitrogens is 2. The Labute approximate surface area is 107 Å². The zero-order valence-corrected chi connectivity index (χ0v) is 10.9. The second kappa shape index (κ2) is 5.86. The highest BCUT2D eigenvalue weighted by molar-refractivity contribution is 5.74. The van der Waals surface area contributed by atoms with Crippen LogP contribution in [0.5, 0.6) is 0 Å². The highest BCUT2D eigenvalue weighted by Crippen LogP contribution is 2.06. The van der Waals surface area contributed by atoms with E-state index in [9.17, 15) is 4.79 Å². The van der Waals surface area contributed by atoms with E-state index in [1.54, 1.807) is 6.20 Å². The van der Waals surface area contributed by atoms with Crippen molar-refractivity contribution in [2.45, 2.75) is 32.5 Å². The van der Waals surface area contributed by atoms with Crippen LogP contribution in [0.25, 0.3) is 0 Å². The number of hydrogen-bond acceptors (Lipinski definition) is 3. The Bertz CT molecular complexity index is 379. The van der Waals surface area contributed by atoms with Gasteiger partial charge in [0, 0.05) is 25.0 Å². The molecule has 2 amide bonds. The summed E-state index contributed by atoms with van der Waals surface area (Å²) in [5.74, 6) is 0. The first-order valence-electron chi connectivity index (χ1n) is 6.29. The lowest BCUT2D eigenvalue weighted by Gasteiger charge is -2.34. The molecular weight excluding hydrogens is 232 g/mol. The molecule has 0 saturated carbocycles. The Hall–Kier alpha value is -1.56. The molecule has 100 valence electrons. The van der Waals surface area contributed by atoms with Gasteiger partial charge in [-0.15, -0.1) is 0 Å². The van der Waals surface area contributed by atoms with Gasteiger partial charge in [0.25, 0.3) is 0 Å². The third kappa shape index (κ3) is 3.22. The molecule has 1 aliphatic heterocycles. The summed E-state index contributed by atoms with van der Waals surface area (Å²) < 4.78 is 7.13. The minimum Gasteiger partial charge on any atom is -0.377 e. The van der Waals surface area contributed by atoms with Crippen LogP contribution < -0.4 is 5.32 Å². The van der Waals surface area contributed by atoms with E-state index in [1.165, 1.54) is 0 Å². The highest BCUT2D eigenvalue weighted by Gasteiger charge is 2.24. The van der Waals surface area contributed by atoms with E-state index in [4.69, 9.17) is 4.74 Å². The second-order valence-corrected chi connectivity index (χ2v) is 4.70. The number of hydrogen-bond donors (Lipinski definition) is 1. The van der Waals surface area contributed by atoms with Crippen molar-refractivity contribution in [1.29, 1.82) is 0 Å². The van der Waals surface area contributed by atoms with Crippen LogP contribution in [0, 0.1) is 0 Å². The average Bonchev–Trinajstić information content (AvgIpc) is 2.82. The van der Waals surface area contributed by atoms with Gasteiger partial charge in [-0.3, -0.25) is 4.68 Å². The first-order chi connectivity index (χ1) is 8.66. The number of morpholine rings is 1. The summed E-state index contributed by atoms with van der Waals surface area (Å²) in [5, 5.41) is 7.11. The maximum atomic E-state index is 12.1. The molecule has 2 rings (SSSR count). The quantitative estimate of drug-likeness (QED) is 0.861. The fourth-order valence-electron chi connectivity index (χ4n) is 2.06. The zero-order chi connectivity index (χ0) is 13.0. The van der Waals surface area contributed by atoms with Crippen molar-refractivity contribution >= 4 is 6.03 Å². The molecule has 0 bridgehead atoms. The van der Waals surface area contributed by atoms with Gasteiger partial charge in [-0.25, -0.2) is 4.79 Å². The van der Waals surface area contributed by atoms with Gasteiger partial charge in [0.15, 0.2) is 0 Å². The smallest absolute Gasteiger partial charge is 0.318 e. The average molecular weight is 252 g/mol. The summed E-state index contributed by atoms with van der Waals surface area (Å²) in [7, 11) is 0. The number of amides is 2. The van der Waals surface area contributed by atoms with Crippen molar-refractivity contribution in [2.75, 3.05) is 19.8 Å². The predicted octanol–water partition coefficient (Wildman–Crippen LogP) is 0.702. The molecule has 0 radical (unpaired) electrons. The van der Waals surface area contributed by atoms with Crippen LogP contribution in [0.4, 0.5) is 4.79 Å². The molecule has 6 nitrogen and oxygen atoms in total. The Morgan fingerprint density at radius 2 is 2.50 bits per heavy atom. The topological polar surface area (TPSA) is 59.4 Å². The Balaban J connectivity index is 1.82. The van der Waals surface area contributed by atoms with Crippen LogP contribution in [-0.2, 0) is 11.3 Å². The molecule has 2 heterocycles. The maximum Gasteiger partial charge on any atom is 0.318 e. The van der Waals surface area contributed by atoms with Gasteiger partial charge < -0.3 is 15.0 Å². The minimum absolute atomic E-state index is 0.0227. The monoisotopic (exact) mass is 252 g/mol. The molecule has 1 aliphatic rings. The number of ether oxygens (including phenoxy) is 1. The number of carbonyl (C=O) groups is 1. The number of nitrogens with one attached hydrogen (secondary N) is 1. The third-order valence-electron chi connectivity index (χ3n) is 3.02. The predicted molar refractivity (Wildman–Crippen MR) is 67.2 cm³/mol. The molecule has 2 unspecified atom stereocenters. The maximum absolute atomic E-state index is 12.1. The summed E-state index contributed by atoms with van der Waals surface area (Å²) in [5.41, 5.74) is 0. The van der Waals surface area contributed by atoms with E-state index < -0.39 is 0 Å². The molecule has 0 spiro atoms. The number of urea groups is 1. The fraction of sp³-hybridized carbons (Fsp3) is 0.667. The molecule has 1 N–H and O–H groups in total. The Morgan fingerprint density at radius 3 is 3.17 bits per heavy atom. The van der Waals surface area contributed by atoms with Gasteiger partial charge in [-0.1, -0.05) is 0 Å². The van der Waals surface area contributed by atoms with E-state index >= 15 is 0 Å². The second-order valence-electron chi connectivity index (χ2n) is 4.70. The normalized spacial score (nSPS) is 21.7. The summed E-state index contributed by atoms with van der Waals surface area (Å²) in [4.78, 5) is 13.9. The van der Waals surface area contributed by atoms with E-state index in [2.05, 4.69) is 10.4 Å². The van der Waals surface area contributed by atoms with Gasteiger partial charge >= 0.3 is 6.03 Å². The summed E-state index contributed by atoms with van der Waals surface area (Å²) >= 11 is 0. The van der Waals surface area contributed by atoms with Gasteiger partial charge in [0.1, 0.15) is 0 Å². The van der Waals surface area contributed by atoms with Crippen LogP contribution in [0.15, 0.2) is 18.5 Å². The molecule has 0 aliphatic carbocycles. The van der Waals surface area contributed by atoms with Gasteiger partial charge in [-0.05, 0) is 19.9 Å². The van der Waals surface area contributed by atoms with Crippen molar-refractivity contribution in [2.24, 2.45) is 0 Å². The highest BCUT2D eigenvalue weighted by atomic mass is 16.5. The van der Waals surface area contributed by atoms with E-state index in [-0.39, 0.29) is 18.1 Å². The Morgan fingerprint density at radius 1 is 1.67 bits per heavy atom. The van der Waals surface area contributed by atoms with Crippen LogP contribution in [0.1, 0.15) is 13.8 Å². The molecule has 6 heteroatoms. The lowest BCUT2D eigenvalue weighted by molar-refractivity contribution is 0.0184. The summed E-state index contributed by atoms with van der Waals surface area (Å²) in [6, 6.07) is 2.03. The molecule has 0 aromatic carbocycles. The van der Waals surface area contributed by atoms with Crippen molar-refractivity contribution < 1.29 is 9.53 Å². The summed E-state index contributed by atoms with van der Waals surface area (Å²) in [6.45, 7) is 6.53. The number of nitrogens with zero attached hydrogens (tertiary/aromatic N) is 3. The van der Waals surface area contributed by atoms with Crippen LogP contribution >= 0.6 is 0 Å². The van der Waals surface area contributed by atoms with E-state index in [0.29, 0.717) is 26.3 Å². The molecule has 18 heavy (non-hydrogen) atoms. The number of rotatable bonds is 3. The molecule has 1 saturated heterocycles. The van der Waals surface area contributed by atoms with Crippen molar-refractivity contribution in [3.63, 3.8) is 0 Å². The van der Waals surface area contributed by atoms with Crippen LogP contribution in [-0.4, -0.2) is 52.6 Å². The Kier molecular flexibility index (Phi) is 4.19. The third-order valence-corrected chi connectivity index (χ3v) is 3.02. The first-order valence-corrected chi connectivity index (χ1v) is 6.29. The van der Waals surface area contributed by atoms with Gasteiger partial charge in [-0.2, -0.15) is 5.10 Å². The van der Waals surface area contributed by atoms with Crippen molar-refractivity contribution in [1.82, 2.24) is 20.0 Å². The minimum atomic E-state index is -0.0227. The molecular formula is C12H20N4O2. The SMILES string of the molecule is CC(Cn1cccn1)NC(=O)N1CCOCC1C. The van der Waals surface area contributed by atoms with Gasteiger partial charge in [0.2, 0.25) is 0 Å². The van der Waals surface area contributed by atoms with Crippen molar-refractivity contribution in [3.05, 3.63) is 18.5 Å². The standard InChI is InChI=1S/C12H20N4O2/c1-10(8-15-5-3-4-13-15)14-12(17)16-6-7-18-9-11(16)2/h3-5,10-11H,6-9H2,1-2H3,(H,14,17). The van der Waals surface area contributed by atoms with E-state index in [1.807, 2.05) is 35.7 Å². The van der Waals surface area contributed by atoms with Crippen LogP contribution in [0.3, 0.4) is 0 Å². The zero-order valence-electron chi connectivity index (χ0n) is 10.9. The lowest BCUT2D eigenvalue weighted by Crippen LogP contribution is -2.53. The van der Waals surface area contributed by atoms with Crippen molar-refractivity contribution in [3.8, 4) is 0 Å². The molecule has 1 aromatic rings. The lowest BCUT2D eigenvalue weighted by atomic mass is 10.2. The first kappa shape index (κ1) is 12.9. The van der Waals surface area contributed by atoms with E-state index in [0.717, 1.165) is 0 Å². The number of carbonyl (C=O) groups excluding carboxylic acids is 1. The van der Waals surface area contributed by atoms with Gasteiger partial charge in [0.05, 0.1) is 25.8 Å².